The van der Waals surface area contributed by atoms with Gasteiger partial charge in [0, 0.05) is 18.6 Å². The largest absolute Gasteiger partial charge is 0.394 e. The van der Waals surface area contributed by atoms with E-state index < -0.39 is 6.04 Å². The van der Waals surface area contributed by atoms with E-state index >= 15 is 0 Å². The highest BCUT2D eigenvalue weighted by molar-refractivity contribution is 6.30. The molecule has 4 nitrogen and oxygen atoms in total. The highest BCUT2D eigenvalue weighted by Gasteiger charge is 2.16. The summed E-state index contributed by atoms with van der Waals surface area (Å²) < 4.78 is 0. The van der Waals surface area contributed by atoms with E-state index in [9.17, 15) is 4.79 Å². The molecule has 1 aromatic carbocycles. The topological polar surface area (TPSA) is 66.6 Å². The van der Waals surface area contributed by atoms with Crippen LogP contribution in [0.15, 0.2) is 24.3 Å². The van der Waals surface area contributed by atoms with E-state index in [0.717, 1.165) is 5.56 Å². The molecular formula is C11H15ClN2O2. The summed E-state index contributed by atoms with van der Waals surface area (Å²) in [5.41, 5.74) is 6.40. The van der Waals surface area contributed by atoms with Crippen LogP contribution in [0, 0.1) is 0 Å². The fraction of sp³-hybridized carbons (Fsp3) is 0.364. The van der Waals surface area contributed by atoms with E-state index in [-0.39, 0.29) is 12.5 Å². The number of aliphatic hydroxyl groups excluding tert-OH is 1. The Balaban J connectivity index is 2.60. The second-order valence-corrected chi connectivity index (χ2v) is 4.05. The van der Waals surface area contributed by atoms with Crippen molar-refractivity contribution in [2.75, 3.05) is 13.7 Å². The Morgan fingerprint density at radius 3 is 2.56 bits per heavy atom. The van der Waals surface area contributed by atoms with Crippen molar-refractivity contribution in [3.05, 3.63) is 34.9 Å². The predicted octanol–water partition coefficient (Wildman–Crippen LogP) is 0.618. The molecule has 1 unspecified atom stereocenters. The fourth-order valence-corrected chi connectivity index (χ4v) is 1.43. The normalized spacial score (nSPS) is 12.2. The van der Waals surface area contributed by atoms with Crippen LogP contribution >= 0.6 is 11.6 Å². The summed E-state index contributed by atoms with van der Waals surface area (Å²) in [4.78, 5) is 13.0. The Kier molecular flexibility index (Phi) is 4.73. The lowest BCUT2D eigenvalue weighted by Gasteiger charge is -2.20. The highest BCUT2D eigenvalue weighted by Crippen LogP contribution is 2.11. The van der Waals surface area contributed by atoms with Gasteiger partial charge in [0.15, 0.2) is 0 Å². The number of carbonyl (C=O) groups is 1. The van der Waals surface area contributed by atoms with Crippen LogP contribution in [0.1, 0.15) is 5.56 Å². The average molecular weight is 243 g/mol. The highest BCUT2D eigenvalue weighted by atomic mass is 35.5. The smallest absolute Gasteiger partial charge is 0.241 e. The van der Waals surface area contributed by atoms with Gasteiger partial charge in [-0.25, -0.2) is 0 Å². The first-order chi connectivity index (χ1) is 7.54. The molecule has 0 spiro atoms. The maximum Gasteiger partial charge on any atom is 0.241 e. The summed E-state index contributed by atoms with van der Waals surface area (Å²) in [6.45, 7) is 0.105. The van der Waals surface area contributed by atoms with Gasteiger partial charge in [-0.1, -0.05) is 23.7 Å². The van der Waals surface area contributed by atoms with E-state index in [4.69, 9.17) is 22.4 Å². The second-order valence-electron chi connectivity index (χ2n) is 3.61. The van der Waals surface area contributed by atoms with E-state index in [1.807, 2.05) is 12.1 Å². The van der Waals surface area contributed by atoms with Gasteiger partial charge in [-0.05, 0) is 17.7 Å². The molecule has 0 aliphatic heterocycles. The van der Waals surface area contributed by atoms with Crippen LogP contribution in [-0.4, -0.2) is 35.6 Å². The molecule has 16 heavy (non-hydrogen) atoms. The number of carbonyl (C=O) groups excluding carboxylic acids is 1. The minimum atomic E-state index is -0.850. The fourth-order valence-electron chi connectivity index (χ4n) is 1.30. The molecule has 0 aromatic heterocycles. The first-order valence-corrected chi connectivity index (χ1v) is 5.28. The number of nitrogens with zero attached hydrogens (tertiary/aromatic N) is 1. The van der Waals surface area contributed by atoms with Crippen molar-refractivity contribution >= 4 is 17.5 Å². The van der Waals surface area contributed by atoms with Gasteiger partial charge in [-0.2, -0.15) is 0 Å². The van der Waals surface area contributed by atoms with E-state index in [1.54, 1.807) is 19.2 Å². The SMILES string of the molecule is CN(Cc1ccc(Cl)cc1)C(=O)C(N)CO. The molecule has 0 saturated heterocycles. The van der Waals surface area contributed by atoms with Crippen LogP contribution < -0.4 is 5.73 Å². The maximum atomic E-state index is 11.6. The first kappa shape index (κ1) is 13.0. The predicted molar refractivity (Wildman–Crippen MR) is 63.0 cm³/mol. The summed E-state index contributed by atoms with van der Waals surface area (Å²) in [7, 11) is 1.65. The lowest BCUT2D eigenvalue weighted by molar-refractivity contribution is -0.132. The van der Waals surface area contributed by atoms with Crippen molar-refractivity contribution < 1.29 is 9.90 Å². The molecule has 0 aliphatic carbocycles. The number of benzene rings is 1. The van der Waals surface area contributed by atoms with Gasteiger partial charge in [0.1, 0.15) is 6.04 Å². The lowest BCUT2D eigenvalue weighted by atomic mass is 10.2. The number of hydrogen-bond acceptors (Lipinski definition) is 3. The second kappa shape index (κ2) is 5.84. The number of rotatable bonds is 4. The van der Waals surface area contributed by atoms with Gasteiger partial charge in [-0.15, -0.1) is 0 Å². The number of hydrogen-bond donors (Lipinski definition) is 2. The zero-order chi connectivity index (χ0) is 12.1. The summed E-state index contributed by atoms with van der Waals surface area (Å²) >= 11 is 5.75. The standard InChI is InChI=1S/C11H15ClN2O2/c1-14(11(16)10(13)7-15)6-8-2-4-9(12)5-3-8/h2-5,10,15H,6-7,13H2,1H3. The van der Waals surface area contributed by atoms with Gasteiger partial charge in [0.2, 0.25) is 5.91 Å². The Bertz CT molecular complexity index is 354. The molecule has 1 amide bonds. The van der Waals surface area contributed by atoms with E-state index in [2.05, 4.69) is 0 Å². The Morgan fingerprint density at radius 1 is 1.50 bits per heavy atom. The van der Waals surface area contributed by atoms with Crippen LogP contribution in [0.25, 0.3) is 0 Å². The molecule has 0 saturated carbocycles. The minimum absolute atomic E-state index is 0.280. The van der Waals surface area contributed by atoms with E-state index in [1.165, 1.54) is 4.90 Å². The van der Waals surface area contributed by atoms with Gasteiger partial charge in [0.25, 0.3) is 0 Å². The third-order valence-corrected chi connectivity index (χ3v) is 2.48. The monoisotopic (exact) mass is 242 g/mol. The third-order valence-electron chi connectivity index (χ3n) is 2.22. The molecule has 0 aliphatic rings. The number of aliphatic hydroxyl groups is 1. The Morgan fingerprint density at radius 2 is 2.06 bits per heavy atom. The molecule has 5 heteroatoms. The third kappa shape index (κ3) is 3.48. The van der Waals surface area contributed by atoms with Gasteiger partial charge >= 0.3 is 0 Å². The zero-order valence-electron chi connectivity index (χ0n) is 9.06. The molecule has 0 fully saturated rings. The number of likely N-dealkylation sites (N-methyl/N-ethyl adjacent to an activating group) is 1. The molecule has 0 bridgehead atoms. The first-order valence-electron chi connectivity index (χ1n) is 4.90. The number of amides is 1. The van der Waals surface area contributed by atoms with Crippen molar-refractivity contribution in [2.45, 2.75) is 12.6 Å². The zero-order valence-corrected chi connectivity index (χ0v) is 9.81. The van der Waals surface area contributed by atoms with Crippen molar-refractivity contribution in [1.82, 2.24) is 4.90 Å². The minimum Gasteiger partial charge on any atom is -0.394 e. The summed E-state index contributed by atoms with van der Waals surface area (Å²) in [6, 6.07) is 6.37. The molecule has 88 valence electrons. The average Bonchev–Trinajstić information content (AvgIpc) is 2.30. The molecule has 0 radical (unpaired) electrons. The van der Waals surface area contributed by atoms with Crippen molar-refractivity contribution in [1.29, 1.82) is 0 Å². The molecule has 0 heterocycles. The van der Waals surface area contributed by atoms with E-state index in [0.29, 0.717) is 11.6 Å². The molecule has 1 aromatic rings. The van der Waals surface area contributed by atoms with Crippen molar-refractivity contribution in [3.8, 4) is 0 Å². The van der Waals surface area contributed by atoms with Crippen LogP contribution in [0.4, 0.5) is 0 Å². The van der Waals surface area contributed by atoms with Crippen LogP contribution in [0.3, 0.4) is 0 Å². The van der Waals surface area contributed by atoms with Gasteiger partial charge in [0.05, 0.1) is 6.61 Å². The number of nitrogens with two attached hydrogens (primary N) is 1. The Hall–Kier alpha value is -1.10. The van der Waals surface area contributed by atoms with Gasteiger partial charge < -0.3 is 15.7 Å². The summed E-state index contributed by atoms with van der Waals surface area (Å²) in [6.07, 6.45) is 0. The van der Waals surface area contributed by atoms with Crippen molar-refractivity contribution in [2.24, 2.45) is 5.73 Å². The van der Waals surface area contributed by atoms with Crippen molar-refractivity contribution in [3.63, 3.8) is 0 Å². The molecule has 1 rings (SSSR count). The van der Waals surface area contributed by atoms with Crippen LogP contribution in [0.2, 0.25) is 5.02 Å². The lowest BCUT2D eigenvalue weighted by Crippen LogP contribution is -2.43. The van der Waals surface area contributed by atoms with Gasteiger partial charge in [-0.3, -0.25) is 4.79 Å². The summed E-state index contributed by atoms with van der Waals surface area (Å²) in [5.74, 6) is -0.280. The maximum absolute atomic E-state index is 11.6. The molecule has 1 atom stereocenters. The quantitative estimate of drug-likeness (QED) is 0.814. The summed E-state index contributed by atoms with van der Waals surface area (Å²) in [5, 5.41) is 9.42. The van der Waals surface area contributed by atoms with Crippen LogP contribution in [0.5, 0.6) is 0 Å². The Labute approximate surface area is 99.6 Å². The molecular weight excluding hydrogens is 228 g/mol. The number of halogens is 1. The van der Waals surface area contributed by atoms with Crippen LogP contribution in [-0.2, 0) is 11.3 Å². The molecule has 3 N–H and O–H groups in total.